The van der Waals surface area contributed by atoms with Crippen LogP contribution in [0.4, 0.5) is 0 Å². The molecule has 1 aliphatic carbocycles. The van der Waals surface area contributed by atoms with Crippen LogP contribution in [0.2, 0.25) is 0 Å². The lowest BCUT2D eigenvalue weighted by Crippen LogP contribution is -2.29. The van der Waals surface area contributed by atoms with E-state index in [1.807, 2.05) is 11.8 Å². The summed E-state index contributed by atoms with van der Waals surface area (Å²) in [7, 11) is 0. The second-order valence-electron chi connectivity index (χ2n) is 4.41. The van der Waals surface area contributed by atoms with Crippen molar-refractivity contribution in [3.63, 3.8) is 0 Å². The van der Waals surface area contributed by atoms with E-state index in [4.69, 9.17) is 0 Å². The Balaban J connectivity index is 0.000000132. The maximum absolute atomic E-state index is 3.36. The topological polar surface area (TPSA) is 12.0 Å². The van der Waals surface area contributed by atoms with Crippen molar-refractivity contribution in [2.75, 3.05) is 12.3 Å². The Morgan fingerprint density at radius 2 is 1.38 bits per heavy atom. The van der Waals surface area contributed by atoms with Gasteiger partial charge in [0.2, 0.25) is 0 Å². The number of nitrogens with one attached hydrogen (secondary N) is 1. The molecule has 0 atom stereocenters. The summed E-state index contributed by atoms with van der Waals surface area (Å²) in [6.07, 6.45) is 9.00. The molecule has 2 heteroatoms. The third-order valence-electron chi connectivity index (χ3n) is 2.62. The number of hydrogen-bond donors (Lipinski definition) is 1. The predicted molar refractivity (Wildman–Crippen MR) is 62.2 cm³/mol. The molecule has 0 aromatic heterocycles. The fraction of sp³-hybridized carbons (Fsp3) is 1.00. The smallest absolute Gasteiger partial charge is 0.0588 e. The van der Waals surface area contributed by atoms with Gasteiger partial charge in [-0.2, -0.15) is 0 Å². The minimum Gasteiger partial charge on any atom is -0.302 e. The number of rotatable bonds is 0. The van der Waals surface area contributed by atoms with Crippen molar-refractivity contribution < 1.29 is 0 Å². The number of hydrogen-bond acceptors (Lipinski definition) is 2. The summed E-state index contributed by atoms with van der Waals surface area (Å²) in [6, 6.07) is 0. The molecule has 2 fully saturated rings. The van der Waals surface area contributed by atoms with Crippen molar-refractivity contribution in [1.82, 2.24) is 5.32 Å². The van der Waals surface area contributed by atoms with E-state index in [2.05, 4.69) is 19.2 Å². The predicted octanol–water partition coefficient (Wildman–Crippen LogP) is 3.40. The minimum absolute atomic E-state index is 0.361. The first-order valence-electron chi connectivity index (χ1n) is 5.60. The van der Waals surface area contributed by atoms with Gasteiger partial charge in [-0.15, -0.1) is 11.8 Å². The fourth-order valence-corrected chi connectivity index (χ4v) is 2.69. The highest BCUT2D eigenvalue weighted by Gasteiger charge is 2.21. The minimum atomic E-state index is 0.361. The average molecular weight is 201 g/mol. The normalized spacial score (nSPS) is 26.3. The van der Waals surface area contributed by atoms with Crippen molar-refractivity contribution in [1.29, 1.82) is 0 Å². The average Bonchev–Trinajstić information content (AvgIpc) is 2.54. The van der Waals surface area contributed by atoms with Gasteiger partial charge >= 0.3 is 0 Å². The van der Waals surface area contributed by atoms with Crippen molar-refractivity contribution in [3.05, 3.63) is 0 Å². The van der Waals surface area contributed by atoms with Gasteiger partial charge in [0, 0.05) is 12.3 Å². The van der Waals surface area contributed by atoms with E-state index in [9.17, 15) is 0 Å². The first kappa shape index (κ1) is 11.4. The van der Waals surface area contributed by atoms with Gasteiger partial charge in [-0.1, -0.05) is 38.5 Å². The SMILES string of the molecule is C1CCCCC1.CC1(C)NCCS1. The van der Waals surface area contributed by atoms with E-state index in [0.29, 0.717) is 4.87 Å². The van der Waals surface area contributed by atoms with Gasteiger partial charge in [0.25, 0.3) is 0 Å². The molecule has 0 amide bonds. The zero-order valence-electron chi connectivity index (χ0n) is 9.07. The highest BCUT2D eigenvalue weighted by Crippen LogP contribution is 2.24. The molecule has 0 spiro atoms. The summed E-state index contributed by atoms with van der Waals surface area (Å²) in [5.41, 5.74) is 0. The summed E-state index contributed by atoms with van der Waals surface area (Å²) in [6.45, 7) is 5.60. The van der Waals surface area contributed by atoms with Gasteiger partial charge in [-0.05, 0) is 13.8 Å². The number of thioether (sulfide) groups is 1. The van der Waals surface area contributed by atoms with Crippen LogP contribution >= 0.6 is 11.8 Å². The van der Waals surface area contributed by atoms with Crippen LogP contribution in [0.3, 0.4) is 0 Å². The molecule has 0 aromatic carbocycles. The van der Waals surface area contributed by atoms with Crippen LogP contribution in [0.1, 0.15) is 52.4 Å². The summed E-state index contributed by atoms with van der Waals surface area (Å²) in [4.78, 5) is 0.361. The van der Waals surface area contributed by atoms with Gasteiger partial charge in [0.05, 0.1) is 4.87 Å². The largest absolute Gasteiger partial charge is 0.302 e. The second-order valence-corrected chi connectivity index (χ2v) is 6.12. The third-order valence-corrected chi connectivity index (χ3v) is 3.89. The molecule has 0 bridgehead atoms. The molecule has 78 valence electrons. The van der Waals surface area contributed by atoms with Crippen LogP contribution in [0.25, 0.3) is 0 Å². The molecule has 2 rings (SSSR count). The van der Waals surface area contributed by atoms with Gasteiger partial charge in [0.15, 0.2) is 0 Å². The van der Waals surface area contributed by atoms with E-state index in [1.54, 1.807) is 0 Å². The lowest BCUT2D eigenvalue weighted by atomic mass is 10.0. The van der Waals surface area contributed by atoms with E-state index < -0.39 is 0 Å². The molecule has 1 aliphatic heterocycles. The highest BCUT2D eigenvalue weighted by molar-refractivity contribution is 8.00. The summed E-state index contributed by atoms with van der Waals surface area (Å²) in [5.74, 6) is 1.27. The highest BCUT2D eigenvalue weighted by atomic mass is 32.2. The summed E-state index contributed by atoms with van der Waals surface area (Å²) < 4.78 is 0. The van der Waals surface area contributed by atoms with Crippen molar-refractivity contribution in [2.45, 2.75) is 57.2 Å². The third kappa shape index (κ3) is 5.58. The Labute approximate surface area is 87.1 Å². The van der Waals surface area contributed by atoms with Gasteiger partial charge in [-0.25, -0.2) is 0 Å². The Kier molecular flexibility index (Phi) is 5.18. The van der Waals surface area contributed by atoms with Crippen LogP contribution in [0.15, 0.2) is 0 Å². The van der Waals surface area contributed by atoms with E-state index in [0.717, 1.165) is 0 Å². The molecule has 1 saturated carbocycles. The maximum Gasteiger partial charge on any atom is 0.0588 e. The Morgan fingerprint density at radius 1 is 0.923 bits per heavy atom. The van der Waals surface area contributed by atoms with Crippen LogP contribution in [-0.2, 0) is 0 Å². The molecule has 1 heterocycles. The van der Waals surface area contributed by atoms with E-state index >= 15 is 0 Å². The maximum atomic E-state index is 3.36. The molecule has 1 N–H and O–H groups in total. The molecular weight excluding hydrogens is 178 g/mol. The lowest BCUT2D eigenvalue weighted by molar-refractivity contribution is 0.504. The Morgan fingerprint density at radius 3 is 1.54 bits per heavy atom. The van der Waals surface area contributed by atoms with Crippen LogP contribution < -0.4 is 5.32 Å². The van der Waals surface area contributed by atoms with Gasteiger partial charge in [-0.3, -0.25) is 0 Å². The van der Waals surface area contributed by atoms with Gasteiger partial charge < -0.3 is 5.32 Å². The van der Waals surface area contributed by atoms with Crippen molar-refractivity contribution >= 4 is 11.8 Å². The van der Waals surface area contributed by atoms with Crippen molar-refractivity contribution in [2.24, 2.45) is 0 Å². The van der Waals surface area contributed by atoms with E-state index in [1.165, 1.54) is 50.8 Å². The van der Waals surface area contributed by atoms with Crippen LogP contribution in [-0.4, -0.2) is 17.2 Å². The van der Waals surface area contributed by atoms with Crippen molar-refractivity contribution in [3.8, 4) is 0 Å². The zero-order chi connectivity index (χ0) is 9.57. The molecule has 0 radical (unpaired) electrons. The van der Waals surface area contributed by atoms with Crippen LogP contribution in [0.5, 0.6) is 0 Å². The molecule has 1 saturated heterocycles. The lowest BCUT2D eigenvalue weighted by Gasteiger charge is -2.14. The zero-order valence-corrected chi connectivity index (χ0v) is 9.88. The first-order valence-corrected chi connectivity index (χ1v) is 6.58. The second kappa shape index (κ2) is 5.92. The molecule has 0 aromatic rings. The molecule has 0 unspecified atom stereocenters. The standard InChI is InChI=1S/C6H12.C5H11NS/c1-2-4-6-5-3-1;1-5(2)6-3-4-7-5/h1-6H2;6H,3-4H2,1-2H3. The first-order chi connectivity index (χ1) is 6.21. The van der Waals surface area contributed by atoms with Gasteiger partial charge in [0.1, 0.15) is 0 Å². The Hall–Kier alpha value is 0.310. The molecule has 1 nitrogen and oxygen atoms in total. The molecular formula is C11H23NS. The van der Waals surface area contributed by atoms with E-state index in [-0.39, 0.29) is 0 Å². The Bertz CT molecular complexity index is 111. The molecule has 2 aliphatic rings. The summed E-state index contributed by atoms with van der Waals surface area (Å²) >= 11 is 1.99. The molecule has 13 heavy (non-hydrogen) atoms. The monoisotopic (exact) mass is 201 g/mol. The van der Waals surface area contributed by atoms with Crippen LogP contribution in [0, 0.1) is 0 Å². The summed E-state index contributed by atoms with van der Waals surface area (Å²) in [5, 5.41) is 3.36. The fourth-order valence-electron chi connectivity index (χ4n) is 1.77. The quantitative estimate of drug-likeness (QED) is 0.644.